The second-order valence-electron chi connectivity index (χ2n) is 5.13. The monoisotopic (exact) mass is 305 g/mol. The summed E-state index contributed by atoms with van der Waals surface area (Å²) in [5.74, 6) is -0.653. The van der Waals surface area contributed by atoms with E-state index in [1.54, 1.807) is 20.8 Å². The molecule has 0 saturated carbocycles. The number of sulfonamides is 1. The molecule has 0 aliphatic heterocycles. The maximum Gasteiger partial charge on any atom is 0.338 e. The van der Waals surface area contributed by atoms with Gasteiger partial charge in [0.1, 0.15) is 5.60 Å². The average Bonchev–Trinajstić information content (AvgIpc) is 2.17. The zero-order valence-corrected chi connectivity index (χ0v) is 12.7. The van der Waals surface area contributed by atoms with Gasteiger partial charge >= 0.3 is 5.97 Å². The third kappa shape index (κ3) is 4.19. The highest BCUT2D eigenvalue weighted by atomic mass is 35.5. The van der Waals surface area contributed by atoms with E-state index >= 15 is 0 Å². The van der Waals surface area contributed by atoms with Crippen molar-refractivity contribution in [2.75, 3.05) is 0 Å². The van der Waals surface area contributed by atoms with Crippen LogP contribution in [0.25, 0.3) is 0 Å². The topological polar surface area (TPSA) is 86.5 Å². The number of nitrogens with two attached hydrogens (primary N) is 1. The largest absolute Gasteiger partial charge is 0.456 e. The lowest BCUT2D eigenvalue weighted by atomic mass is 10.1. The smallest absolute Gasteiger partial charge is 0.338 e. The van der Waals surface area contributed by atoms with E-state index in [4.69, 9.17) is 21.5 Å². The van der Waals surface area contributed by atoms with E-state index in [1.807, 2.05) is 0 Å². The molecule has 1 aromatic rings. The molecule has 0 aromatic heterocycles. The van der Waals surface area contributed by atoms with Crippen LogP contribution in [0.5, 0.6) is 0 Å². The van der Waals surface area contributed by atoms with Gasteiger partial charge in [-0.25, -0.2) is 18.4 Å². The Hall–Kier alpha value is -1.11. The van der Waals surface area contributed by atoms with Crippen LogP contribution in [0.2, 0.25) is 5.02 Å². The summed E-state index contributed by atoms with van der Waals surface area (Å²) in [6.45, 7) is 6.64. The van der Waals surface area contributed by atoms with Crippen molar-refractivity contribution in [3.05, 3.63) is 28.3 Å². The number of esters is 1. The van der Waals surface area contributed by atoms with Crippen LogP contribution in [-0.2, 0) is 14.8 Å². The molecule has 7 heteroatoms. The Kier molecular flexibility index (Phi) is 4.29. The minimum Gasteiger partial charge on any atom is -0.456 e. The normalized spacial score (nSPS) is 12.3. The van der Waals surface area contributed by atoms with Gasteiger partial charge in [0.2, 0.25) is 10.0 Å². The molecule has 0 saturated heterocycles. The van der Waals surface area contributed by atoms with Crippen LogP contribution in [0.15, 0.2) is 17.0 Å². The van der Waals surface area contributed by atoms with E-state index in [-0.39, 0.29) is 15.5 Å². The molecule has 0 aliphatic rings. The summed E-state index contributed by atoms with van der Waals surface area (Å²) < 4.78 is 28.0. The molecular formula is C12H16ClNO4S. The molecule has 0 radical (unpaired) electrons. The Morgan fingerprint density at radius 3 is 2.26 bits per heavy atom. The van der Waals surface area contributed by atoms with Crippen molar-refractivity contribution in [3.63, 3.8) is 0 Å². The lowest BCUT2D eigenvalue weighted by Crippen LogP contribution is -2.24. The number of halogens is 1. The third-order valence-corrected chi connectivity index (χ3v) is 3.67. The SMILES string of the molecule is Cc1c(Cl)cc(C(=O)OC(C)(C)C)cc1S(N)(=O)=O. The standard InChI is InChI=1S/C12H16ClNO4S/c1-7-9(13)5-8(6-10(7)19(14,16)17)11(15)18-12(2,3)4/h5-6H,1-4H3,(H2,14,16,17). The van der Waals surface area contributed by atoms with Gasteiger partial charge in [0.05, 0.1) is 10.5 Å². The summed E-state index contributed by atoms with van der Waals surface area (Å²) in [7, 11) is -3.95. The molecule has 1 aromatic carbocycles. The van der Waals surface area contributed by atoms with Gasteiger partial charge in [-0.1, -0.05) is 11.6 Å². The Balaban J connectivity index is 3.33. The fourth-order valence-electron chi connectivity index (χ4n) is 1.40. The molecule has 0 heterocycles. The lowest BCUT2D eigenvalue weighted by molar-refractivity contribution is 0.00692. The van der Waals surface area contributed by atoms with Crippen molar-refractivity contribution in [2.24, 2.45) is 5.14 Å². The molecule has 0 spiro atoms. The fourth-order valence-corrected chi connectivity index (χ4v) is 2.51. The predicted octanol–water partition coefficient (Wildman–Crippen LogP) is 2.25. The summed E-state index contributed by atoms with van der Waals surface area (Å²) in [4.78, 5) is 11.7. The van der Waals surface area contributed by atoms with Gasteiger partial charge in [-0.15, -0.1) is 0 Å². The molecule has 0 amide bonds. The van der Waals surface area contributed by atoms with Crippen molar-refractivity contribution < 1.29 is 17.9 Å². The Bertz CT molecular complexity index is 617. The zero-order chi connectivity index (χ0) is 15.0. The number of hydrogen-bond acceptors (Lipinski definition) is 4. The highest BCUT2D eigenvalue weighted by Gasteiger charge is 2.22. The van der Waals surface area contributed by atoms with Crippen molar-refractivity contribution >= 4 is 27.6 Å². The number of benzene rings is 1. The molecule has 106 valence electrons. The van der Waals surface area contributed by atoms with Crippen LogP contribution in [0.4, 0.5) is 0 Å². The summed E-state index contributed by atoms with van der Waals surface area (Å²) in [6, 6.07) is 2.53. The van der Waals surface area contributed by atoms with Crippen molar-refractivity contribution in [2.45, 2.75) is 38.2 Å². The maximum absolute atomic E-state index is 11.9. The summed E-state index contributed by atoms with van der Waals surface area (Å²) in [5, 5.41) is 5.23. The van der Waals surface area contributed by atoms with Crippen molar-refractivity contribution in [1.82, 2.24) is 0 Å². The quantitative estimate of drug-likeness (QED) is 0.849. The Morgan fingerprint density at radius 1 is 1.32 bits per heavy atom. The van der Waals surface area contributed by atoms with E-state index in [1.165, 1.54) is 19.1 Å². The van der Waals surface area contributed by atoms with Gasteiger partial charge in [0, 0.05) is 5.02 Å². The maximum atomic E-state index is 11.9. The van der Waals surface area contributed by atoms with E-state index in [0.717, 1.165) is 0 Å². The Morgan fingerprint density at radius 2 is 1.84 bits per heavy atom. The molecule has 19 heavy (non-hydrogen) atoms. The first-order valence-corrected chi connectivity index (χ1v) is 7.40. The van der Waals surface area contributed by atoms with E-state index in [0.29, 0.717) is 5.56 Å². The molecule has 2 N–H and O–H groups in total. The highest BCUT2D eigenvalue weighted by Crippen LogP contribution is 2.25. The van der Waals surface area contributed by atoms with Crippen LogP contribution in [0.1, 0.15) is 36.7 Å². The molecule has 0 unspecified atom stereocenters. The molecular weight excluding hydrogens is 290 g/mol. The second-order valence-corrected chi connectivity index (χ2v) is 7.07. The first kappa shape index (κ1) is 15.9. The fraction of sp³-hybridized carbons (Fsp3) is 0.417. The van der Waals surface area contributed by atoms with Gasteiger partial charge < -0.3 is 4.74 Å². The van der Waals surface area contributed by atoms with E-state index in [2.05, 4.69) is 0 Å². The van der Waals surface area contributed by atoms with Gasteiger partial charge in [0.25, 0.3) is 0 Å². The number of primary sulfonamides is 1. The molecule has 0 bridgehead atoms. The number of carbonyl (C=O) groups excluding carboxylic acids is 1. The first-order chi connectivity index (χ1) is 8.42. The zero-order valence-electron chi connectivity index (χ0n) is 11.2. The third-order valence-electron chi connectivity index (χ3n) is 2.24. The van der Waals surface area contributed by atoms with Crippen LogP contribution >= 0.6 is 11.6 Å². The van der Waals surface area contributed by atoms with Gasteiger partial charge in [-0.2, -0.15) is 0 Å². The average molecular weight is 306 g/mol. The predicted molar refractivity (Wildman–Crippen MR) is 72.7 cm³/mol. The van der Waals surface area contributed by atoms with Crippen LogP contribution in [0, 0.1) is 6.92 Å². The molecule has 5 nitrogen and oxygen atoms in total. The minimum atomic E-state index is -3.95. The van der Waals surface area contributed by atoms with E-state index in [9.17, 15) is 13.2 Å². The Labute approximate surface area is 117 Å². The van der Waals surface area contributed by atoms with Crippen molar-refractivity contribution in [3.8, 4) is 0 Å². The molecule has 0 atom stereocenters. The minimum absolute atomic E-state index is 0.0505. The van der Waals surface area contributed by atoms with Crippen LogP contribution in [0.3, 0.4) is 0 Å². The van der Waals surface area contributed by atoms with Crippen LogP contribution in [-0.4, -0.2) is 20.0 Å². The molecule has 0 fully saturated rings. The summed E-state index contributed by atoms with van der Waals surface area (Å²) in [6.07, 6.45) is 0. The first-order valence-electron chi connectivity index (χ1n) is 5.48. The summed E-state index contributed by atoms with van der Waals surface area (Å²) in [5.41, 5.74) is -0.332. The molecule has 1 rings (SSSR count). The number of hydrogen-bond donors (Lipinski definition) is 1. The van der Waals surface area contributed by atoms with Crippen LogP contribution < -0.4 is 5.14 Å². The summed E-state index contributed by atoms with van der Waals surface area (Å²) >= 11 is 5.91. The highest BCUT2D eigenvalue weighted by molar-refractivity contribution is 7.89. The number of ether oxygens (including phenoxy) is 1. The number of rotatable bonds is 2. The number of carbonyl (C=O) groups is 1. The van der Waals surface area contributed by atoms with Gasteiger partial charge in [-0.05, 0) is 45.4 Å². The van der Waals surface area contributed by atoms with Crippen molar-refractivity contribution in [1.29, 1.82) is 0 Å². The second kappa shape index (κ2) is 5.11. The van der Waals surface area contributed by atoms with E-state index < -0.39 is 21.6 Å². The lowest BCUT2D eigenvalue weighted by Gasteiger charge is -2.20. The molecule has 0 aliphatic carbocycles. The van der Waals surface area contributed by atoms with Gasteiger partial charge in [0.15, 0.2) is 0 Å². The van der Waals surface area contributed by atoms with Gasteiger partial charge in [-0.3, -0.25) is 0 Å².